The first-order valence-corrected chi connectivity index (χ1v) is 10.9. The molecule has 0 spiro atoms. The van der Waals surface area contributed by atoms with E-state index in [1.165, 1.54) is 0 Å². The minimum atomic E-state index is -0.238. The number of carbonyl (C=O) groups is 1. The summed E-state index contributed by atoms with van der Waals surface area (Å²) in [6.45, 7) is 2.25. The van der Waals surface area contributed by atoms with Gasteiger partial charge in [0, 0.05) is 37.0 Å². The van der Waals surface area contributed by atoms with E-state index in [9.17, 15) is 4.79 Å². The lowest BCUT2D eigenvalue weighted by Crippen LogP contribution is -2.48. The van der Waals surface area contributed by atoms with E-state index in [-0.39, 0.29) is 6.04 Å². The van der Waals surface area contributed by atoms with Crippen molar-refractivity contribution in [2.75, 3.05) is 44.5 Å². The number of hydrogen-bond donors (Lipinski definition) is 1. The summed E-state index contributed by atoms with van der Waals surface area (Å²) < 4.78 is 17.2. The van der Waals surface area contributed by atoms with E-state index in [2.05, 4.69) is 4.90 Å². The lowest BCUT2D eigenvalue weighted by molar-refractivity contribution is -0.120. The maximum Gasteiger partial charge on any atom is 0.210 e. The van der Waals surface area contributed by atoms with Gasteiger partial charge in [-0.05, 0) is 23.8 Å². The Balaban J connectivity index is 1.61. The highest BCUT2D eigenvalue weighted by molar-refractivity contribution is 5.64. The van der Waals surface area contributed by atoms with Gasteiger partial charge in [0.15, 0.2) is 11.5 Å². The third-order valence-corrected chi connectivity index (χ3v) is 5.95. The van der Waals surface area contributed by atoms with Gasteiger partial charge in [-0.2, -0.15) is 0 Å². The predicted molar refractivity (Wildman–Crippen MR) is 129 cm³/mol. The van der Waals surface area contributed by atoms with Crippen molar-refractivity contribution in [2.24, 2.45) is 0 Å². The van der Waals surface area contributed by atoms with Crippen LogP contribution in [0.2, 0.25) is 0 Å². The summed E-state index contributed by atoms with van der Waals surface area (Å²) in [6.07, 6.45) is 0.885. The summed E-state index contributed by atoms with van der Waals surface area (Å²) in [5, 5.41) is 0. The summed E-state index contributed by atoms with van der Waals surface area (Å²) in [4.78, 5) is 15.9. The lowest BCUT2D eigenvalue weighted by Gasteiger charge is -2.41. The van der Waals surface area contributed by atoms with Crippen molar-refractivity contribution < 1.29 is 19.0 Å². The molecular formula is C26H29N3O4. The van der Waals surface area contributed by atoms with Crippen LogP contribution in [0, 0.1) is 0 Å². The number of anilines is 2. The average Bonchev–Trinajstić information content (AvgIpc) is 2.87. The number of amides is 1. The van der Waals surface area contributed by atoms with Crippen LogP contribution in [0.1, 0.15) is 17.2 Å². The summed E-state index contributed by atoms with van der Waals surface area (Å²) >= 11 is 0. The van der Waals surface area contributed by atoms with Gasteiger partial charge in [0.25, 0.3) is 0 Å². The molecular weight excluding hydrogens is 418 g/mol. The van der Waals surface area contributed by atoms with Gasteiger partial charge in [-0.25, -0.2) is 0 Å². The number of methoxy groups -OCH3 is 2. The van der Waals surface area contributed by atoms with Crippen LogP contribution in [0.25, 0.3) is 0 Å². The second-order valence-corrected chi connectivity index (χ2v) is 7.88. The predicted octanol–water partition coefficient (Wildman–Crippen LogP) is 3.88. The van der Waals surface area contributed by atoms with Crippen LogP contribution < -0.4 is 24.8 Å². The SMILES string of the molecule is COc1cc(C2CN(c3ccccc3OC)CCN2C=O)c(N)cc1OCc1ccccc1. The van der Waals surface area contributed by atoms with E-state index in [4.69, 9.17) is 19.9 Å². The van der Waals surface area contributed by atoms with Crippen LogP contribution in [0.5, 0.6) is 17.2 Å². The van der Waals surface area contributed by atoms with Crippen molar-refractivity contribution in [1.29, 1.82) is 0 Å². The Morgan fingerprint density at radius 3 is 2.39 bits per heavy atom. The van der Waals surface area contributed by atoms with Gasteiger partial charge in [-0.1, -0.05) is 42.5 Å². The Hall–Kier alpha value is -3.87. The summed E-state index contributed by atoms with van der Waals surface area (Å²) in [6, 6.07) is 21.2. The van der Waals surface area contributed by atoms with Gasteiger partial charge in [-0.15, -0.1) is 0 Å². The van der Waals surface area contributed by atoms with Crippen LogP contribution in [-0.4, -0.2) is 45.2 Å². The molecule has 1 heterocycles. The molecule has 0 aliphatic carbocycles. The highest BCUT2D eigenvalue weighted by Gasteiger charge is 2.31. The Morgan fingerprint density at radius 2 is 1.67 bits per heavy atom. The second kappa shape index (κ2) is 10.2. The zero-order chi connectivity index (χ0) is 23.2. The number of benzene rings is 3. The number of piperazine rings is 1. The zero-order valence-electron chi connectivity index (χ0n) is 18.9. The third kappa shape index (κ3) is 4.82. The summed E-state index contributed by atoms with van der Waals surface area (Å²) in [5.74, 6) is 1.94. The molecule has 4 rings (SSSR count). The number of para-hydroxylation sites is 2. The number of nitrogens with two attached hydrogens (primary N) is 1. The first kappa shape index (κ1) is 22.3. The van der Waals surface area contributed by atoms with Gasteiger partial charge >= 0.3 is 0 Å². The Kier molecular flexibility index (Phi) is 6.88. The number of nitrogens with zero attached hydrogens (tertiary/aromatic N) is 2. The van der Waals surface area contributed by atoms with E-state index in [0.29, 0.717) is 43.4 Å². The van der Waals surface area contributed by atoms with Gasteiger partial charge in [0.2, 0.25) is 6.41 Å². The van der Waals surface area contributed by atoms with Crippen molar-refractivity contribution in [3.8, 4) is 17.2 Å². The van der Waals surface area contributed by atoms with Gasteiger partial charge in [0.1, 0.15) is 12.4 Å². The van der Waals surface area contributed by atoms with Crippen molar-refractivity contribution >= 4 is 17.8 Å². The highest BCUT2D eigenvalue weighted by Crippen LogP contribution is 2.39. The number of hydrogen-bond acceptors (Lipinski definition) is 6. The molecule has 0 radical (unpaired) electrons. The topological polar surface area (TPSA) is 77.3 Å². The fourth-order valence-corrected chi connectivity index (χ4v) is 4.20. The molecule has 1 saturated heterocycles. The van der Waals surface area contributed by atoms with Gasteiger partial charge in [0.05, 0.1) is 25.9 Å². The first-order valence-electron chi connectivity index (χ1n) is 10.9. The molecule has 2 N–H and O–H groups in total. The molecule has 1 aliphatic rings. The molecule has 0 bridgehead atoms. The zero-order valence-corrected chi connectivity index (χ0v) is 18.9. The molecule has 3 aromatic rings. The van der Waals surface area contributed by atoms with Crippen LogP contribution >= 0.6 is 0 Å². The van der Waals surface area contributed by atoms with Crippen molar-refractivity contribution in [1.82, 2.24) is 4.90 Å². The number of nitrogen functional groups attached to an aromatic ring is 1. The Morgan fingerprint density at radius 1 is 0.939 bits per heavy atom. The highest BCUT2D eigenvalue weighted by atomic mass is 16.5. The monoisotopic (exact) mass is 447 g/mol. The molecule has 1 fully saturated rings. The molecule has 3 aromatic carbocycles. The largest absolute Gasteiger partial charge is 0.495 e. The summed E-state index contributed by atoms with van der Waals surface area (Å²) in [5.41, 5.74) is 9.90. The molecule has 1 atom stereocenters. The van der Waals surface area contributed by atoms with Gasteiger partial charge < -0.3 is 29.7 Å². The lowest BCUT2D eigenvalue weighted by atomic mass is 9.99. The van der Waals surface area contributed by atoms with Crippen molar-refractivity contribution in [3.05, 3.63) is 77.9 Å². The van der Waals surface area contributed by atoms with E-state index >= 15 is 0 Å². The van der Waals surface area contributed by atoms with E-state index in [1.807, 2.05) is 60.7 Å². The molecule has 0 aromatic heterocycles. The van der Waals surface area contributed by atoms with Crippen LogP contribution in [-0.2, 0) is 11.4 Å². The second-order valence-electron chi connectivity index (χ2n) is 7.88. The molecule has 172 valence electrons. The van der Waals surface area contributed by atoms with Crippen LogP contribution in [0.15, 0.2) is 66.7 Å². The maximum atomic E-state index is 11.9. The number of rotatable bonds is 8. The average molecular weight is 448 g/mol. The molecule has 33 heavy (non-hydrogen) atoms. The molecule has 7 heteroatoms. The van der Waals surface area contributed by atoms with E-state index in [1.54, 1.807) is 25.2 Å². The van der Waals surface area contributed by atoms with Crippen molar-refractivity contribution in [2.45, 2.75) is 12.6 Å². The quantitative estimate of drug-likeness (QED) is 0.417. The fourth-order valence-electron chi connectivity index (χ4n) is 4.20. The van der Waals surface area contributed by atoms with Crippen molar-refractivity contribution in [3.63, 3.8) is 0 Å². The minimum Gasteiger partial charge on any atom is -0.495 e. The molecule has 1 aliphatic heterocycles. The minimum absolute atomic E-state index is 0.238. The molecule has 7 nitrogen and oxygen atoms in total. The first-order chi connectivity index (χ1) is 16.1. The Bertz CT molecular complexity index is 1090. The number of ether oxygens (including phenoxy) is 3. The van der Waals surface area contributed by atoms with E-state index < -0.39 is 0 Å². The molecule has 0 saturated carbocycles. The standard InChI is InChI=1S/C26H29N3O4/c1-31-24-11-7-6-10-22(24)28-12-13-29(18-30)23(16-28)20-14-25(32-2)26(15-21(20)27)33-17-19-8-4-3-5-9-19/h3-11,14-15,18,23H,12-13,16-17,27H2,1-2H3. The van der Waals surface area contributed by atoms with Crippen LogP contribution in [0.3, 0.4) is 0 Å². The third-order valence-electron chi connectivity index (χ3n) is 5.95. The molecule has 1 amide bonds. The maximum absolute atomic E-state index is 11.9. The van der Waals surface area contributed by atoms with Crippen LogP contribution in [0.4, 0.5) is 11.4 Å². The Labute approximate surface area is 194 Å². The van der Waals surface area contributed by atoms with E-state index in [0.717, 1.165) is 29.0 Å². The fraction of sp³-hybridized carbons (Fsp3) is 0.269. The smallest absolute Gasteiger partial charge is 0.210 e. The summed E-state index contributed by atoms with van der Waals surface area (Å²) in [7, 11) is 3.26. The number of carbonyl (C=O) groups excluding carboxylic acids is 1. The van der Waals surface area contributed by atoms with Gasteiger partial charge in [-0.3, -0.25) is 4.79 Å². The molecule has 1 unspecified atom stereocenters. The normalized spacial score (nSPS) is 15.8.